The molecule has 0 bridgehead atoms. The summed E-state index contributed by atoms with van der Waals surface area (Å²) in [5.41, 5.74) is 0.802. The maximum atomic E-state index is 12.6. The van der Waals surface area contributed by atoms with Gasteiger partial charge in [-0.15, -0.1) is 0 Å². The molecule has 0 saturated carbocycles. The molecule has 1 saturated heterocycles. The summed E-state index contributed by atoms with van der Waals surface area (Å²) < 4.78 is 42.6. The largest absolute Gasteiger partial charge is 0.491 e. The smallest absolute Gasteiger partial charge is 0.246 e. The van der Waals surface area contributed by atoms with Gasteiger partial charge in [0.05, 0.1) is 24.7 Å². The number of ether oxygens (including phenoxy) is 3. The van der Waals surface area contributed by atoms with Crippen LogP contribution in [-0.2, 0) is 30.8 Å². The van der Waals surface area contributed by atoms with Crippen molar-refractivity contribution in [2.24, 2.45) is 0 Å². The Labute approximate surface area is 176 Å². The Bertz CT molecular complexity index is 897. The van der Waals surface area contributed by atoms with Crippen molar-refractivity contribution in [3.05, 3.63) is 60.2 Å². The first-order valence-electron chi connectivity index (χ1n) is 9.75. The highest BCUT2D eigenvalue weighted by Crippen LogP contribution is 2.17. The minimum Gasteiger partial charge on any atom is -0.491 e. The number of benzene rings is 2. The van der Waals surface area contributed by atoms with Gasteiger partial charge in [-0.1, -0.05) is 30.3 Å². The van der Waals surface area contributed by atoms with E-state index in [1.54, 1.807) is 24.3 Å². The highest BCUT2D eigenvalue weighted by Gasteiger charge is 2.26. The minimum absolute atomic E-state index is 0.0678. The third-order valence-electron chi connectivity index (χ3n) is 4.49. The number of rotatable bonds is 10. The maximum absolute atomic E-state index is 12.6. The number of hydrogen-bond acceptors (Lipinski definition) is 6. The van der Waals surface area contributed by atoms with Crippen molar-refractivity contribution in [1.29, 1.82) is 0 Å². The van der Waals surface area contributed by atoms with Crippen LogP contribution >= 0.6 is 0 Å². The van der Waals surface area contributed by atoms with Gasteiger partial charge in [0, 0.05) is 19.6 Å². The zero-order chi connectivity index (χ0) is 21.2. The molecule has 9 heteroatoms. The number of para-hydroxylation sites is 1. The molecule has 8 nitrogen and oxygen atoms in total. The van der Waals surface area contributed by atoms with Crippen molar-refractivity contribution in [3.63, 3.8) is 0 Å². The van der Waals surface area contributed by atoms with Gasteiger partial charge in [-0.3, -0.25) is 4.79 Å². The first-order chi connectivity index (χ1) is 14.6. The molecule has 1 aliphatic rings. The van der Waals surface area contributed by atoms with E-state index in [9.17, 15) is 13.2 Å². The molecule has 0 radical (unpaired) electrons. The van der Waals surface area contributed by atoms with Crippen LogP contribution in [0.15, 0.2) is 59.5 Å². The van der Waals surface area contributed by atoms with Crippen LogP contribution in [-0.4, -0.2) is 64.8 Å². The Morgan fingerprint density at radius 2 is 1.70 bits per heavy atom. The molecule has 0 atom stereocenters. The maximum Gasteiger partial charge on any atom is 0.246 e. The van der Waals surface area contributed by atoms with Crippen LogP contribution in [0.2, 0.25) is 0 Å². The van der Waals surface area contributed by atoms with Gasteiger partial charge in [-0.05, 0) is 29.8 Å². The molecule has 1 aliphatic heterocycles. The van der Waals surface area contributed by atoms with E-state index in [1.807, 2.05) is 30.3 Å². The molecule has 1 fully saturated rings. The number of nitrogens with one attached hydrogen (secondary N) is 1. The van der Waals surface area contributed by atoms with Crippen LogP contribution in [0.5, 0.6) is 5.75 Å². The summed E-state index contributed by atoms with van der Waals surface area (Å²) >= 11 is 0. The normalized spacial score (nSPS) is 14.9. The number of carbonyl (C=O) groups excluding carboxylic acids is 1. The van der Waals surface area contributed by atoms with Gasteiger partial charge in [0.1, 0.15) is 19.0 Å². The Kier molecular flexibility index (Phi) is 8.21. The molecule has 0 unspecified atom stereocenters. The fraction of sp³-hybridized carbons (Fsp3) is 0.381. The first kappa shape index (κ1) is 22.2. The highest BCUT2D eigenvalue weighted by molar-refractivity contribution is 7.89. The quantitative estimate of drug-likeness (QED) is 0.569. The predicted octanol–water partition coefficient (Wildman–Crippen LogP) is 1.42. The van der Waals surface area contributed by atoms with Gasteiger partial charge in [-0.25, -0.2) is 8.42 Å². The summed E-state index contributed by atoms with van der Waals surface area (Å²) in [7, 11) is -3.51. The van der Waals surface area contributed by atoms with Gasteiger partial charge >= 0.3 is 0 Å². The summed E-state index contributed by atoms with van der Waals surface area (Å²) in [6.45, 7) is 2.41. The highest BCUT2D eigenvalue weighted by atomic mass is 32.2. The second-order valence-corrected chi connectivity index (χ2v) is 8.59. The van der Waals surface area contributed by atoms with E-state index in [4.69, 9.17) is 14.2 Å². The number of sulfonamides is 1. The molecule has 1 N–H and O–H groups in total. The van der Waals surface area contributed by atoms with Crippen LogP contribution in [0.3, 0.4) is 0 Å². The Morgan fingerprint density at radius 1 is 1.00 bits per heavy atom. The van der Waals surface area contributed by atoms with E-state index in [1.165, 1.54) is 4.31 Å². The first-order valence-corrected chi connectivity index (χ1v) is 11.2. The second-order valence-electron chi connectivity index (χ2n) is 6.65. The molecule has 2 aromatic rings. The van der Waals surface area contributed by atoms with Gasteiger partial charge in [0.15, 0.2) is 0 Å². The monoisotopic (exact) mass is 434 g/mol. The van der Waals surface area contributed by atoms with Crippen molar-refractivity contribution in [1.82, 2.24) is 9.62 Å². The number of nitrogens with zero attached hydrogens (tertiary/aromatic N) is 1. The number of hydrogen-bond donors (Lipinski definition) is 1. The van der Waals surface area contributed by atoms with E-state index in [0.29, 0.717) is 46.1 Å². The molecular weight excluding hydrogens is 408 g/mol. The topological polar surface area (TPSA) is 94.2 Å². The van der Waals surface area contributed by atoms with Gasteiger partial charge in [0.2, 0.25) is 15.9 Å². The zero-order valence-corrected chi connectivity index (χ0v) is 17.5. The lowest BCUT2D eigenvalue weighted by Gasteiger charge is -2.26. The predicted molar refractivity (Wildman–Crippen MR) is 111 cm³/mol. The van der Waals surface area contributed by atoms with Crippen molar-refractivity contribution in [2.75, 3.05) is 46.1 Å². The molecule has 0 aliphatic carbocycles. The third-order valence-corrected chi connectivity index (χ3v) is 6.41. The van der Waals surface area contributed by atoms with Gasteiger partial charge in [-0.2, -0.15) is 4.31 Å². The van der Waals surface area contributed by atoms with Crippen LogP contribution < -0.4 is 10.1 Å². The average Bonchev–Trinajstić information content (AvgIpc) is 2.79. The summed E-state index contributed by atoms with van der Waals surface area (Å²) in [5.74, 6) is 0.504. The molecule has 0 aromatic heterocycles. The Hall–Kier alpha value is -2.46. The van der Waals surface area contributed by atoms with Crippen LogP contribution in [0.1, 0.15) is 5.56 Å². The van der Waals surface area contributed by atoms with E-state index in [0.717, 1.165) is 11.3 Å². The third kappa shape index (κ3) is 6.53. The van der Waals surface area contributed by atoms with Gasteiger partial charge < -0.3 is 19.5 Å². The van der Waals surface area contributed by atoms with Crippen molar-refractivity contribution in [2.45, 2.75) is 11.4 Å². The molecule has 1 amide bonds. The summed E-state index contributed by atoms with van der Waals surface area (Å²) in [6, 6.07) is 15.9. The zero-order valence-electron chi connectivity index (χ0n) is 16.7. The SMILES string of the molecule is O=C(COCCOc1ccccc1)NCc1ccc(S(=O)(=O)N2CCOCC2)cc1. The number of amides is 1. The van der Waals surface area contributed by atoms with Crippen LogP contribution in [0, 0.1) is 0 Å². The van der Waals surface area contributed by atoms with Crippen molar-refractivity contribution < 1.29 is 27.4 Å². The average molecular weight is 435 g/mol. The number of morpholine rings is 1. The molecule has 30 heavy (non-hydrogen) atoms. The lowest BCUT2D eigenvalue weighted by Crippen LogP contribution is -2.40. The van der Waals surface area contributed by atoms with E-state index < -0.39 is 10.0 Å². The standard InChI is InChI=1S/C21H26N2O6S/c24-21(17-28-14-15-29-19-4-2-1-3-5-19)22-16-18-6-8-20(9-7-18)30(25,26)23-10-12-27-13-11-23/h1-9H,10-17H2,(H,22,24). The van der Waals surface area contributed by atoms with E-state index >= 15 is 0 Å². The molecule has 162 valence electrons. The second kappa shape index (κ2) is 11.1. The summed E-state index contributed by atoms with van der Waals surface area (Å²) in [6.07, 6.45) is 0. The van der Waals surface area contributed by atoms with E-state index in [2.05, 4.69) is 5.32 Å². The van der Waals surface area contributed by atoms with E-state index in [-0.39, 0.29) is 17.4 Å². The number of carbonyl (C=O) groups is 1. The summed E-state index contributed by atoms with van der Waals surface area (Å²) in [5, 5.41) is 2.75. The Morgan fingerprint density at radius 3 is 2.40 bits per heavy atom. The van der Waals surface area contributed by atoms with Crippen molar-refractivity contribution >= 4 is 15.9 Å². The lowest BCUT2D eigenvalue weighted by atomic mass is 10.2. The van der Waals surface area contributed by atoms with Crippen LogP contribution in [0.4, 0.5) is 0 Å². The molecule has 0 spiro atoms. The van der Waals surface area contributed by atoms with Crippen molar-refractivity contribution in [3.8, 4) is 5.75 Å². The Balaban J connectivity index is 1.36. The minimum atomic E-state index is -3.51. The lowest BCUT2D eigenvalue weighted by molar-refractivity contribution is -0.126. The molecule has 2 aromatic carbocycles. The fourth-order valence-corrected chi connectivity index (χ4v) is 4.27. The molecule has 1 heterocycles. The summed E-state index contributed by atoms with van der Waals surface area (Å²) in [4.78, 5) is 12.1. The molecular formula is C21H26N2O6S. The molecule has 3 rings (SSSR count). The van der Waals surface area contributed by atoms with Gasteiger partial charge in [0.25, 0.3) is 0 Å². The van der Waals surface area contributed by atoms with Crippen LogP contribution in [0.25, 0.3) is 0 Å². The fourth-order valence-electron chi connectivity index (χ4n) is 2.87.